The lowest BCUT2D eigenvalue weighted by Gasteiger charge is -2.10. The van der Waals surface area contributed by atoms with Crippen molar-refractivity contribution in [3.63, 3.8) is 0 Å². The second kappa shape index (κ2) is 7.56. The van der Waals surface area contributed by atoms with E-state index >= 15 is 0 Å². The van der Waals surface area contributed by atoms with Gasteiger partial charge in [0.1, 0.15) is 21.2 Å². The minimum atomic E-state index is -1.23. The highest BCUT2D eigenvalue weighted by Gasteiger charge is 2.17. The summed E-state index contributed by atoms with van der Waals surface area (Å²) in [5.74, 6) is -2.45. The van der Waals surface area contributed by atoms with Crippen molar-refractivity contribution in [3.05, 3.63) is 23.8 Å². The molecule has 0 fully saturated rings. The van der Waals surface area contributed by atoms with Crippen molar-refractivity contribution in [2.24, 2.45) is 0 Å². The number of carboxylic acid groups (broad SMARTS) is 1. The van der Waals surface area contributed by atoms with Gasteiger partial charge in [-0.25, -0.2) is 4.79 Å². The molecule has 0 saturated heterocycles. The predicted octanol–water partition coefficient (Wildman–Crippen LogP) is 2.76. The summed E-state index contributed by atoms with van der Waals surface area (Å²) in [6, 6.07) is 3.61. The van der Waals surface area contributed by atoms with Crippen LogP contribution in [0.3, 0.4) is 0 Å². The number of carbonyl (C=O) groups excluding carboxylic acids is 2. The second-order valence-electron chi connectivity index (χ2n) is 4.07. The molecule has 1 rings (SSSR count). The standard InChI is InChI=1S/C13H12Br2O6/c1-6(14)12(18)20-9-3-8(11(16)17)4-10(5-9)21-13(19)7(2)15/h3-7H,1-2H3,(H,16,17). The molecule has 6 nitrogen and oxygen atoms in total. The maximum absolute atomic E-state index is 11.5. The van der Waals surface area contributed by atoms with Crippen LogP contribution in [-0.2, 0) is 9.59 Å². The molecule has 0 amide bonds. The molecule has 1 N–H and O–H groups in total. The summed E-state index contributed by atoms with van der Waals surface area (Å²) in [6.07, 6.45) is 0. The first kappa shape index (κ1) is 17.6. The topological polar surface area (TPSA) is 89.9 Å². The number of carboxylic acids is 1. The van der Waals surface area contributed by atoms with E-state index in [9.17, 15) is 14.4 Å². The Labute approximate surface area is 137 Å². The van der Waals surface area contributed by atoms with Crippen molar-refractivity contribution in [2.75, 3.05) is 0 Å². The van der Waals surface area contributed by atoms with Gasteiger partial charge in [0.25, 0.3) is 0 Å². The molecule has 0 bridgehead atoms. The third-order valence-electron chi connectivity index (χ3n) is 2.21. The molecule has 0 aliphatic rings. The number of hydrogen-bond acceptors (Lipinski definition) is 5. The number of ether oxygens (including phenoxy) is 2. The Kier molecular flexibility index (Phi) is 6.35. The van der Waals surface area contributed by atoms with E-state index in [1.54, 1.807) is 13.8 Å². The number of alkyl halides is 2. The van der Waals surface area contributed by atoms with Crippen LogP contribution in [0.25, 0.3) is 0 Å². The molecule has 2 unspecified atom stereocenters. The molecular weight excluding hydrogens is 412 g/mol. The quantitative estimate of drug-likeness (QED) is 0.445. The van der Waals surface area contributed by atoms with Crippen molar-refractivity contribution in [1.29, 1.82) is 0 Å². The third-order valence-corrected chi connectivity index (χ3v) is 2.96. The SMILES string of the molecule is CC(Br)C(=O)Oc1cc(OC(=O)C(C)Br)cc(C(=O)O)c1. The Morgan fingerprint density at radius 3 is 1.62 bits per heavy atom. The Hall–Kier alpha value is -1.41. The van der Waals surface area contributed by atoms with Gasteiger partial charge < -0.3 is 14.6 Å². The van der Waals surface area contributed by atoms with E-state index in [1.165, 1.54) is 18.2 Å². The monoisotopic (exact) mass is 422 g/mol. The highest BCUT2D eigenvalue weighted by molar-refractivity contribution is 9.10. The lowest BCUT2D eigenvalue weighted by atomic mass is 10.2. The Morgan fingerprint density at radius 2 is 1.33 bits per heavy atom. The highest BCUT2D eigenvalue weighted by atomic mass is 79.9. The average Bonchev–Trinajstić information content (AvgIpc) is 2.37. The Bertz CT molecular complexity index is 528. The largest absolute Gasteiger partial charge is 0.478 e. The van der Waals surface area contributed by atoms with Crippen molar-refractivity contribution in [3.8, 4) is 11.5 Å². The van der Waals surface area contributed by atoms with Gasteiger partial charge in [0.05, 0.1) is 5.56 Å². The van der Waals surface area contributed by atoms with Crippen LogP contribution in [0.5, 0.6) is 11.5 Å². The molecule has 21 heavy (non-hydrogen) atoms. The average molecular weight is 424 g/mol. The van der Waals surface area contributed by atoms with E-state index in [4.69, 9.17) is 14.6 Å². The van der Waals surface area contributed by atoms with E-state index in [-0.39, 0.29) is 17.1 Å². The lowest BCUT2D eigenvalue weighted by molar-refractivity contribution is -0.133. The first-order valence-electron chi connectivity index (χ1n) is 5.80. The van der Waals surface area contributed by atoms with Gasteiger partial charge in [-0.2, -0.15) is 0 Å². The van der Waals surface area contributed by atoms with Crippen LogP contribution >= 0.6 is 31.9 Å². The first-order chi connectivity index (χ1) is 9.70. The van der Waals surface area contributed by atoms with Gasteiger partial charge in [0.2, 0.25) is 0 Å². The Morgan fingerprint density at radius 1 is 0.952 bits per heavy atom. The van der Waals surface area contributed by atoms with Gasteiger partial charge in [0, 0.05) is 6.07 Å². The molecule has 114 valence electrons. The Balaban J connectivity index is 3.08. The highest BCUT2D eigenvalue weighted by Crippen LogP contribution is 2.24. The summed E-state index contributed by atoms with van der Waals surface area (Å²) in [6.45, 7) is 3.13. The number of esters is 2. The third kappa shape index (κ3) is 5.47. The molecule has 0 spiro atoms. The molecule has 0 heterocycles. The van der Waals surface area contributed by atoms with Crippen molar-refractivity contribution >= 4 is 49.8 Å². The number of aromatic carboxylic acids is 1. The summed E-state index contributed by atoms with van der Waals surface area (Å²) >= 11 is 6.08. The van der Waals surface area contributed by atoms with Gasteiger partial charge >= 0.3 is 17.9 Å². The molecule has 2 atom stereocenters. The fourth-order valence-electron chi connectivity index (χ4n) is 1.21. The second-order valence-corrected chi connectivity index (χ2v) is 6.82. The summed E-state index contributed by atoms with van der Waals surface area (Å²) in [5.41, 5.74) is -0.160. The fourth-order valence-corrected chi connectivity index (χ4v) is 1.39. The zero-order valence-electron chi connectivity index (χ0n) is 11.1. The maximum Gasteiger partial charge on any atom is 0.335 e. The van der Waals surface area contributed by atoms with E-state index in [1.807, 2.05) is 0 Å². The normalized spacial score (nSPS) is 13.1. The van der Waals surface area contributed by atoms with Crippen LogP contribution in [0, 0.1) is 0 Å². The zero-order chi connectivity index (χ0) is 16.2. The van der Waals surface area contributed by atoms with Gasteiger partial charge in [-0.3, -0.25) is 9.59 Å². The first-order valence-corrected chi connectivity index (χ1v) is 7.63. The number of rotatable bonds is 5. The minimum absolute atomic E-state index is 0.0174. The number of carbonyl (C=O) groups is 3. The van der Waals surface area contributed by atoms with Crippen LogP contribution in [0.15, 0.2) is 18.2 Å². The summed E-state index contributed by atoms with van der Waals surface area (Å²) < 4.78 is 9.99. The maximum atomic E-state index is 11.5. The number of halogens is 2. The van der Waals surface area contributed by atoms with Crippen LogP contribution in [0.1, 0.15) is 24.2 Å². The number of benzene rings is 1. The molecule has 0 aliphatic heterocycles. The van der Waals surface area contributed by atoms with Gasteiger partial charge in [-0.15, -0.1) is 0 Å². The molecule has 0 saturated carbocycles. The van der Waals surface area contributed by atoms with Crippen LogP contribution in [-0.4, -0.2) is 32.7 Å². The van der Waals surface area contributed by atoms with Gasteiger partial charge in [0.15, 0.2) is 0 Å². The molecule has 1 aromatic carbocycles. The van der Waals surface area contributed by atoms with Crippen molar-refractivity contribution in [2.45, 2.75) is 23.5 Å². The molecule has 0 aliphatic carbocycles. The molecule has 0 radical (unpaired) electrons. The summed E-state index contributed by atoms with van der Waals surface area (Å²) in [7, 11) is 0. The van der Waals surface area contributed by atoms with Crippen LogP contribution in [0.4, 0.5) is 0 Å². The van der Waals surface area contributed by atoms with E-state index in [0.717, 1.165) is 0 Å². The van der Waals surface area contributed by atoms with E-state index < -0.39 is 27.6 Å². The zero-order valence-corrected chi connectivity index (χ0v) is 14.3. The molecule has 1 aromatic rings. The van der Waals surface area contributed by atoms with E-state index in [0.29, 0.717) is 0 Å². The molecule has 8 heteroatoms. The van der Waals surface area contributed by atoms with Gasteiger partial charge in [-0.1, -0.05) is 31.9 Å². The van der Waals surface area contributed by atoms with Crippen molar-refractivity contribution < 1.29 is 29.0 Å². The molecular formula is C13H12Br2O6. The minimum Gasteiger partial charge on any atom is -0.478 e. The summed E-state index contributed by atoms with van der Waals surface area (Å²) in [5, 5.41) is 9.02. The molecule has 0 aromatic heterocycles. The van der Waals surface area contributed by atoms with Crippen molar-refractivity contribution in [1.82, 2.24) is 0 Å². The van der Waals surface area contributed by atoms with Gasteiger partial charge in [-0.05, 0) is 26.0 Å². The summed E-state index contributed by atoms with van der Waals surface area (Å²) in [4.78, 5) is 32.9. The number of hydrogen-bond donors (Lipinski definition) is 1. The smallest absolute Gasteiger partial charge is 0.335 e. The fraction of sp³-hybridized carbons (Fsp3) is 0.308. The predicted molar refractivity (Wildman–Crippen MR) is 81.4 cm³/mol. The van der Waals surface area contributed by atoms with E-state index in [2.05, 4.69) is 31.9 Å². The van der Waals surface area contributed by atoms with Crippen LogP contribution < -0.4 is 9.47 Å². The lowest BCUT2D eigenvalue weighted by Crippen LogP contribution is -2.19. The van der Waals surface area contributed by atoms with Crippen LogP contribution in [0.2, 0.25) is 0 Å².